The lowest BCUT2D eigenvalue weighted by Gasteiger charge is -2.58. The molecule has 0 aromatic heterocycles. The van der Waals surface area contributed by atoms with E-state index in [-0.39, 0.29) is 17.3 Å². The van der Waals surface area contributed by atoms with Crippen LogP contribution >= 0.6 is 0 Å². The summed E-state index contributed by atoms with van der Waals surface area (Å²) in [5.41, 5.74) is 1.60. The highest BCUT2D eigenvalue weighted by atomic mass is 19.1. The Hall–Kier alpha value is -1.88. The first-order valence-corrected chi connectivity index (χ1v) is 12.0. The third-order valence-corrected chi connectivity index (χ3v) is 7.30. The van der Waals surface area contributed by atoms with E-state index in [1.165, 1.54) is 44.2 Å². The number of benzene rings is 1. The van der Waals surface area contributed by atoms with E-state index < -0.39 is 6.04 Å². The molecule has 1 aromatic rings. The number of ether oxygens (including phenoxy) is 2. The van der Waals surface area contributed by atoms with E-state index in [2.05, 4.69) is 27.4 Å². The third-order valence-electron chi connectivity index (χ3n) is 7.30. The minimum absolute atomic E-state index is 0.194. The molecule has 4 nitrogen and oxygen atoms in total. The molecular formula is C26H39FNO3+. The molecular weight excluding hydrogens is 393 g/mol. The van der Waals surface area contributed by atoms with Crippen LogP contribution in [0.15, 0.2) is 24.8 Å². The highest BCUT2D eigenvalue weighted by molar-refractivity contribution is 5.79. The average molecular weight is 433 g/mol. The zero-order valence-electron chi connectivity index (χ0n) is 19.7. The van der Waals surface area contributed by atoms with Gasteiger partial charge in [-0.1, -0.05) is 39.2 Å². The maximum absolute atomic E-state index is 14.1. The lowest BCUT2D eigenvalue weighted by molar-refractivity contribution is -1.04. The maximum atomic E-state index is 14.1. The van der Waals surface area contributed by atoms with Crippen molar-refractivity contribution < 1.29 is 23.1 Å². The number of quaternary nitrogens is 1. The first-order chi connectivity index (χ1) is 14.8. The predicted octanol–water partition coefficient (Wildman–Crippen LogP) is 6.05. The second-order valence-electron chi connectivity index (χ2n) is 9.54. The number of fused-ring (bicyclic) bond motifs is 1. The molecule has 4 rings (SSSR count). The summed E-state index contributed by atoms with van der Waals surface area (Å²) >= 11 is 0. The Bertz CT molecular complexity index is 802. The SMILES string of the molecule is C=CCCCCCC.CCOC(=O)C1c2cc(F)cc3c2C(C)(CCO3)[N+]12CC(C)C2. The van der Waals surface area contributed by atoms with Gasteiger partial charge in [-0.2, -0.15) is 0 Å². The summed E-state index contributed by atoms with van der Waals surface area (Å²) in [7, 11) is 0. The van der Waals surface area contributed by atoms with Crippen LogP contribution in [0.4, 0.5) is 4.39 Å². The third kappa shape index (κ3) is 4.13. The van der Waals surface area contributed by atoms with Gasteiger partial charge in [0, 0.05) is 18.1 Å². The molecule has 0 amide bonds. The molecule has 3 heterocycles. The van der Waals surface area contributed by atoms with Gasteiger partial charge >= 0.3 is 5.97 Å². The van der Waals surface area contributed by atoms with E-state index in [4.69, 9.17) is 9.47 Å². The molecule has 1 spiro atoms. The Morgan fingerprint density at radius 2 is 2.06 bits per heavy atom. The molecule has 172 valence electrons. The molecule has 5 heteroatoms. The number of hydrogen-bond acceptors (Lipinski definition) is 3. The summed E-state index contributed by atoms with van der Waals surface area (Å²) in [5, 5.41) is 0. The van der Waals surface area contributed by atoms with Crippen molar-refractivity contribution in [2.45, 2.75) is 77.8 Å². The molecule has 1 saturated heterocycles. The van der Waals surface area contributed by atoms with Crippen molar-refractivity contribution in [2.75, 3.05) is 26.3 Å². The van der Waals surface area contributed by atoms with Crippen LogP contribution in [-0.4, -0.2) is 36.8 Å². The number of esters is 1. The molecule has 2 unspecified atom stereocenters. The van der Waals surface area contributed by atoms with E-state index in [0.717, 1.165) is 30.6 Å². The quantitative estimate of drug-likeness (QED) is 0.228. The fraction of sp³-hybridized carbons (Fsp3) is 0.654. The van der Waals surface area contributed by atoms with E-state index in [9.17, 15) is 9.18 Å². The van der Waals surface area contributed by atoms with Crippen molar-refractivity contribution in [1.29, 1.82) is 0 Å². The van der Waals surface area contributed by atoms with Crippen LogP contribution in [0.25, 0.3) is 0 Å². The van der Waals surface area contributed by atoms with Crippen LogP contribution in [0.5, 0.6) is 5.75 Å². The minimum atomic E-state index is -0.428. The van der Waals surface area contributed by atoms with Crippen molar-refractivity contribution in [3.8, 4) is 5.75 Å². The van der Waals surface area contributed by atoms with Gasteiger partial charge in [-0.25, -0.2) is 9.18 Å². The Balaban J connectivity index is 0.000000293. The first kappa shape index (κ1) is 23.8. The molecule has 0 N–H and O–H groups in total. The maximum Gasteiger partial charge on any atom is 0.370 e. The molecule has 31 heavy (non-hydrogen) atoms. The van der Waals surface area contributed by atoms with Crippen molar-refractivity contribution >= 4 is 5.97 Å². The van der Waals surface area contributed by atoms with Crippen molar-refractivity contribution in [2.24, 2.45) is 5.92 Å². The smallest absolute Gasteiger partial charge is 0.370 e. The van der Waals surface area contributed by atoms with Crippen LogP contribution in [0.1, 0.15) is 83.4 Å². The number of unbranched alkanes of at least 4 members (excludes halogenated alkanes) is 4. The second kappa shape index (κ2) is 9.72. The summed E-state index contributed by atoms with van der Waals surface area (Å²) in [6.07, 6.45) is 9.46. The van der Waals surface area contributed by atoms with Gasteiger partial charge in [-0.15, -0.1) is 6.58 Å². The molecule has 3 aliphatic heterocycles. The number of carbonyl (C=O) groups is 1. The highest BCUT2D eigenvalue weighted by Crippen LogP contribution is 2.62. The van der Waals surface area contributed by atoms with Crippen LogP contribution in [0.2, 0.25) is 0 Å². The van der Waals surface area contributed by atoms with E-state index in [1.54, 1.807) is 0 Å². The Morgan fingerprint density at radius 3 is 2.68 bits per heavy atom. The molecule has 0 saturated carbocycles. The van der Waals surface area contributed by atoms with E-state index >= 15 is 0 Å². The second-order valence-corrected chi connectivity index (χ2v) is 9.54. The number of halogens is 1. The highest BCUT2D eigenvalue weighted by Gasteiger charge is 2.69. The molecule has 3 aliphatic rings. The number of carbonyl (C=O) groups excluding carboxylic acids is 1. The van der Waals surface area contributed by atoms with Crippen LogP contribution in [-0.2, 0) is 15.1 Å². The largest absolute Gasteiger partial charge is 0.493 e. The van der Waals surface area contributed by atoms with E-state index in [1.807, 2.05) is 13.0 Å². The zero-order chi connectivity index (χ0) is 22.6. The molecule has 0 bridgehead atoms. The van der Waals surface area contributed by atoms with Gasteiger partial charge in [0.2, 0.25) is 6.04 Å². The lowest BCUT2D eigenvalue weighted by Crippen LogP contribution is -2.71. The summed E-state index contributed by atoms with van der Waals surface area (Å²) in [4.78, 5) is 12.8. The zero-order valence-corrected chi connectivity index (χ0v) is 19.7. The van der Waals surface area contributed by atoms with Crippen molar-refractivity contribution in [3.63, 3.8) is 0 Å². The molecule has 0 radical (unpaired) electrons. The molecule has 0 aliphatic carbocycles. The minimum Gasteiger partial charge on any atom is -0.493 e. The summed E-state index contributed by atoms with van der Waals surface area (Å²) < 4.78 is 25.9. The van der Waals surface area contributed by atoms with Gasteiger partial charge < -0.3 is 9.47 Å². The lowest BCUT2D eigenvalue weighted by atomic mass is 9.80. The standard InChI is InChI=1S/C18H23FNO3.C8H16/c1-4-22-17(21)16-13-7-12(19)8-14-15(13)18(3,5-6-23-14)20(16)9-11(2)10-20;1-3-5-7-8-6-4-2/h7-8,11,16H,4-6,9-10H2,1-3H3;3H,1,4-8H2,2H3/q+1;. The average Bonchev–Trinajstić information content (AvgIpc) is 2.92. The van der Waals surface area contributed by atoms with Gasteiger partial charge in [0.15, 0.2) is 0 Å². The Morgan fingerprint density at radius 1 is 1.32 bits per heavy atom. The van der Waals surface area contributed by atoms with Gasteiger partial charge in [0.05, 0.1) is 37.8 Å². The number of nitrogens with zero attached hydrogens (tertiary/aromatic N) is 1. The summed E-state index contributed by atoms with van der Waals surface area (Å²) in [5.74, 6) is 0.598. The summed E-state index contributed by atoms with van der Waals surface area (Å²) in [6, 6.07) is 2.55. The Kier molecular flexibility index (Phi) is 7.46. The van der Waals surface area contributed by atoms with Gasteiger partial charge in [-0.05, 0) is 32.8 Å². The van der Waals surface area contributed by atoms with Crippen LogP contribution in [0, 0.1) is 11.7 Å². The fourth-order valence-electron chi connectivity index (χ4n) is 5.93. The number of rotatable bonds is 7. The Labute approximate surface area is 187 Å². The molecule has 2 atom stereocenters. The predicted molar refractivity (Wildman–Crippen MR) is 121 cm³/mol. The topological polar surface area (TPSA) is 35.5 Å². The monoisotopic (exact) mass is 432 g/mol. The number of allylic oxidation sites excluding steroid dienone is 1. The normalized spacial score (nSPS) is 29.8. The van der Waals surface area contributed by atoms with Gasteiger partial charge in [-0.3, -0.25) is 4.48 Å². The number of hydrogen-bond donors (Lipinski definition) is 0. The van der Waals surface area contributed by atoms with Crippen LogP contribution in [0.3, 0.4) is 0 Å². The van der Waals surface area contributed by atoms with Gasteiger partial charge in [0.25, 0.3) is 0 Å². The molecule has 1 aromatic carbocycles. The van der Waals surface area contributed by atoms with Crippen molar-refractivity contribution in [1.82, 2.24) is 0 Å². The molecule has 1 fully saturated rings. The summed E-state index contributed by atoms with van der Waals surface area (Å²) in [6.45, 7) is 14.9. The first-order valence-electron chi connectivity index (χ1n) is 12.0. The fourth-order valence-corrected chi connectivity index (χ4v) is 5.93. The van der Waals surface area contributed by atoms with Crippen LogP contribution < -0.4 is 4.74 Å². The van der Waals surface area contributed by atoms with Crippen molar-refractivity contribution in [3.05, 3.63) is 41.7 Å². The van der Waals surface area contributed by atoms with Gasteiger partial charge in [0.1, 0.15) is 17.1 Å². The van der Waals surface area contributed by atoms with E-state index in [0.29, 0.717) is 29.4 Å².